The van der Waals surface area contributed by atoms with Crippen LogP contribution >= 0.6 is 11.3 Å². The molecule has 18 heavy (non-hydrogen) atoms. The average molecular weight is 288 g/mol. The molecule has 0 radical (unpaired) electrons. The minimum atomic E-state index is -3.33. The van der Waals surface area contributed by atoms with Crippen molar-refractivity contribution in [3.05, 3.63) is 16.3 Å². The molecule has 1 aliphatic carbocycles. The molecule has 6 heteroatoms. The van der Waals surface area contributed by atoms with Crippen molar-refractivity contribution >= 4 is 21.4 Å². The molecule has 1 heterocycles. The van der Waals surface area contributed by atoms with Crippen molar-refractivity contribution in [3.63, 3.8) is 0 Å². The summed E-state index contributed by atoms with van der Waals surface area (Å²) < 4.78 is 26.9. The van der Waals surface area contributed by atoms with Crippen molar-refractivity contribution in [1.29, 1.82) is 0 Å². The highest BCUT2D eigenvalue weighted by atomic mass is 32.2. The lowest BCUT2D eigenvalue weighted by molar-refractivity contribution is 0.576. The maximum absolute atomic E-state index is 12.1. The zero-order chi connectivity index (χ0) is 13.0. The first kappa shape index (κ1) is 14.0. The summed E-state index contributed by atoms with van der Waals surface area (Å²) in [6.45, 7) is 3.22. The molecule has 0 atom stereocenters. The van der Waals surface area contributed by atoms with Crippen molar-refractivity contribution in [2.75, 3.05) is 6.54 Å². The van der Waals surface area contributed by atoms with Gasteiger partial charge in [-0.1, -0.05) is 13.3 Å². The van der Waals surface area contributed by atoms with Crippen LogP contribution in [0.2, 0.25) is 0 Å². The minimum absolute atomic E-state index is 0.441. The Bertz CT molecular complexity index is 478. The highest BCUT2D eigenvalue weighted by molar-refractivity contribution is 7.89. The molecule has 102 valence electrons. The van der Waals surface area contributed by atoms with E-state index in [0.717, 1.165) is 17.7 Å². The second kappa shape index (κ2) is 6.14. The normalized spacial score (nSPS) is 16.1. The zero-order valence-electron chi connectivity index (χ0n) is 10.6. The van der Waals surface area contributed by atoms with E-state index < -0.39 is 10.0 Å². The van der Waals surface area contributed by atoms with Gasteiger partial charge in [0.1, 0.15) is 0 Å². The lowest BCUT2D eigenvalue weighted by Crippen LogP contribution is -2.26. The van der Waals surface area contributed by atoms with Crippen molar-refractivity contribution in [2.45, 2.75) is 50.1 Å². The van der Waals surface area contributed by atoms with Crippen molar-refractivity contribution in [3.8, 4) is 0 Å². The van der Waals surface area contributed by atoms with E-state index in [1.165, 1.54) is 24.2 Å². The first-order chi connectivity index (χ1) is 8.63. The molecule has 1 aliphatic rings. The highest BCUT2D eigenvalue weighted by Crippen LogP contribution is 2.24. The second-order valence-corrected chi connectivity index (χ2v) is 7.35. The van der Waals surface area contributed by atoms with Gasteiger partial charge in [0.15, 0.2) is 0 Å². The Morgan fingerprint density at radius 2 is 2.22 bits per heavy atom. The maximum atomic E-state index is 12.1. The van der Waals surface area contributed by atoms with Crippen LogP contribution in [0, 0.1) is 0 Å². The number of hydrogen-bond donors (Lipinski definition) is 2. The number of hydrogen-bond acceptors (Lipinski definition) is 4. The van der Waals surface area contributed by atoms with Crippen LogP contribution in [-0.4, -0.2) is 21.0 Å². The van der Waals surface area contributed by atoms with Crippen LogP contribution < -0.4 is 10.0 Å². The quantitative estimate of drug-likeness (QED) is 0.720. The first-order valence-corrected chi connectivity index (χ1v) is 8.79. The molecule has 0 saturated heterocycles. The summed E-state index contributed by atoms with van der Waals surface area (Å²) in [4.78, 5) is 1.35. The summed E-state index contributed by atoms with van der Waals surface area (Å²) in [6.07, 6.45) is 4.28. The van der Waals surface area contributed by atoms with Gasteiger partial charge in [-0.2, -0.15) is 0 Å². The van der Waals surface area contributed by atoms with E-state index in [-0.39, 0.29) is 0 Å². The molecule has 1 saturated carbocycles. The third kappa shape index (κ3) is 3.78. The average Bonchev–Trinajstić information content (AvgIpc) is 3.03. The predicted octanol–water partition coefficient (Wildman–Crippen LogP) is 2.08. The summed E-state index contributed by atoms with van der Waals surface area (Å²) in [7, 11) is -3.33. The van der Waals surface area contributed by atoms with Crippen molar-refractivity contribution < 1.29 is 8.42 Å². The van der Waals surface area contributed by atoms with E-state index in [1.54, 1.807) is 6.07 Å². The molecule has 0 spiro atoms. The fraction of sp³-hybridized carbons (Fsp3) is 0.667. The molecule has 0 amide bonds. The Morgan fingerprint density at radius 1 is 1.44 bits per heavy atom. The van der Waals surface area contributed by atoms with E-state index in [0.29, 0.717) is 24.0 Å². The first-order valence-electron chi connectivity index (χ1n) is 6.43. The Labute approximate surface area is 113 Å². The molecular formula is C12H20N2O2S2. The van der Waals surface area contributed by atoms with Gasteiger partial charge in [0.2, 0.25) is 10.0 Å². The number of nitrogens with one attached hydrogen (secondary N) is 2. The van der Waals surface area contributed by atoms with Crippen molar-refractivity contribution in [1.82, 2.24) is 10.0 Å². The van der Waals surface area contributed by atoms with E-state index in [2.05, 4.69) is 10.0 Å². The predicted molar refractivity (Wildman–Crippen MR) is 74.3 cm³/mol. The van der Waals surface area contributed by atoms with Gasteiger partial charge in [0, 0.05) is 24.0 Å². The smallest absolute Gasteiger partial charge is 0.241 e. The van der Waals surface area contributed by atoms with E-state index in [1.807, 2.05) is 12.3 Å². The lowest BCUT2D eigenvalue weighted by Gasteiger charge is -2.07. The Hall–Kier alpha value is -0.430. The number of sulfonamides is 1. The van der Waals surface area contributed by atoms with Gasteiger partial charge < -0.3 is 5.32 Å². The van der Waals surface area contributed by atoms with Gasteiger partial charge in [-0.25, -0.2) is 13.1 Å². The Balaban J connectivity index is 1.99. The third-order valence-electron chi connectivity index (χ3n) is 2.95. The Kier molecular flexibility index (Phi) is 4.77. The fourth-order valence-electron chi connectivity index (χ4n) is 1.68. The van der Waals surface area contributed by atoms with Crippen LogP contribution in [-0.2, 0) is 16.6 Å². The molecule has 1 aromatic heterocycles. The van der Waals surface area contributed by atoms with Gasteiger partial charge in [-0.05, 0) is 30.7 Å². The topological polar surface area (TPSA) is 58.2 Å². The van der Waals surface area contributed by atoms with Crippen LogP contribution in [0.15, 0.2) is 16.3 Å². The molecule has 1 aromatic rings. The summed E-state index contributed by atoms with van der Waals surface area (Å²) in [5.74, 6) is 0. The van der Waals surface area contributed by atoms with Gasteiger partial charge in [-0.15, -0.1) is 11.3 Å². The molecule has 1 fully saturated rings. The highest BCUT2D eigenvalue weighted by Gasteiger charge is 2.23. The largest absolute Gasteiger partial charge is 0.309 e. The van der Waals surface area contributed by atoms with Gasteiger partial charge in [0.25, 0.3) is 0 Å². The van der Waals surface area contributed by atoms with Crippen molar-refractivity contribution in [2.24, 2.45) is 0 Å². The van der Waals surface area contributed by atoms with Crippen LogP contribution in [0.4, 0.5) is 0 Å². The maximum Gasteiger partial charge on any atom is 0.241 e. The standard InChI is InChI=1S/C12H20N2O2S2/c1-2-3-7-14-18(15,16)12-6-8-17-11(12)9-13-10-4-5-10/h6,8,10,13-14H,2-5,7,9H2,1H3. The van der Waals surface area contributed by atoms with Crippen LogP contribution in [0.5, 0.6) is 0 Å². The van der Waals surface area contributed by atoms with E-state index in [4.69, 9.17) is 0 Å². The Morgan fingerprint density at radius 3 is 2.89 bits per heavy atom. The minimum Gasteiger partial charge on any atom is -0.309 e. The number of rotatable bonds is 8. The summed E-state index contributed by atoms with van der Waals surface area (Å²) >= 11 is 1.50. The molecule has 0 aliphatic heterocycles. The van der Waals surface area contributed by atoms with E-state index in [9.17, 15) is 8.42 Å². The molecule has 0 aromatic carbocycles. The molecular weight excluding hydrogens is 268 g/mol. The van der Waals surface area contributed by atoms with Gasteiger partial charge in [-0.3, -0.25) is 0 Å². The molecule has 2 rings (SSSR count). The molecule has 0 unspecified atom stereocenters. The van der Waals surface area contributed by atoms with E-state index >= 15 is 0 Å². The summed E-state index contributed by atoms with van der Waals surface area (Å²) in [6, 6.07) is 2.29. The number of unbranched alkanes of at least 4 members (excludes halogenated alkanes) is 1. The van der Waals surface area contributed by atoms with Crippen LogP contribution in [0.3, 0.4) is 0 Å². The molecule has 2 N–H and O–H groups in total. The molecule has 4 nitrogen and oxygen atoms in total. The van der Waals surface area contributed by atoms with Crippen LogP contribution in [0.25, 0.3) is 0 Å². The van der Waals surface area contributed by atoms with Gasteiger partial charge in [0.05, 0.1) is 4.90 Å². The molecule has 0 bridgehead atoms. The fourth-order valence-corrected chi connectivity index (χ4v) is 4.15. The lowest BCUT2D eigenvalue weighted by atomic mass is 10.3. The van der Waals surface area contributed by atoms with Crippen LogP contribution in [0.1, 0.15) is 37.5 Å². The number of thiophene rings is 1. The zero-order valence-corrected chi connectivity index (χ0v) is 12.2. The summed E-state index contributed by atoms with van der Waals surface area (Å²) in [5, 5.41) is 5.20. The van der Waals surface area contributed by atoms with Gasteiger partial charge >= 0.3 is 0 Å². The summed E-state index contributed by atoms with van der Waals surface area (Å²) in [5.41, 5.74) is 0. The monoisotopic (exact) mass is 288 g/mol. The SMILES string of the molecule is CCCCNS(=O)(=O)c1ccsc1CNC1CC1. The third-order valence-corrected chi connectivity index (χ3v) is 5.54. The second-order valence-electron chi connectivity index (χ2n) is 4.61.